The fraction of sp³-hybridized carbons (Fsp3) is 0.333. The molecule has 120 valence electrons. The number of alkyl halides is 1. The van der Waals surface area contributed by atoms with E-state index in [2.05, 4.69) is 15.2 Å². The molecule has 0 spiro atoms. The number of aromatic nitrogens is 1. The Kier molecular flexibility index (Phi) is 5.18. The Morgan fingerprint density at radius 2 is 1.87 bits per heavy atom. The van der Waals surface area contributed by atoms with Gasteiger partial charge >= 0.3 is 0 Å². The number of nitrogens with zero attached hydrogens (tertiary/aromatic N) is 2. The molecular weight excluding hydrogens is 309 g/mol. The summed E-state index contributed by atoms with van der Waals surface area (Å²) in [6.45, 7) is 1.59. The van der Waals surface area contributed by atoms with Gasteiger partial charge in [-0.3, -0.25) is 4.98 Å². The molecule has 1 aromatic carbocycles. The van der Waals surface area contributed by atoms with Crippen molar-refractivity contribution in [3.63, 3.8) is 0 Å². The lowest BCUT2D eigenvalue weighted by Crippen LogP contribution is -2.30. The van der Waals surface area contributed by atoms with Gasteiger partial charge in [0.25, 0.3) is 0 Å². The van der Waals surface area contributed by atoms with Crippen LogP contribution in [0.3, 0.4) is 0 Å². The molecule has 0 saturated carbocycles. The van der Waals surface area contributed by atoms with Crippen molar-refractivity contribution >= 4 is 28.6 Å². The predicted octanol–water partition coefficient (Wildman–Crippen LogP) is 4.33. The first kappa shape index (κ1) is 15.9. The summed E-state index contributed by atoms with van der Waals surface area (Å²) >= 11 is 5.49. The summed E-state index contributed by atoms with van der Waals surface area (Å²) in [5, 5.41) is 3.29. The molecule has 23 heavy (non-hydrogen) atoms. The number of pyridine rings is 1. The van der Waals surface area contributed by atoms with Crippen LogP contribution >= 0.6 is 12.2 Å². The zero-order chi connectivity index (χ0) is 16.1. The molecule has 1 aromatic heterocycles. The van der Waals surface area contributed by atoms with Gasteiger partial charge in [-0.25, -0.2) is 4.39 Å². The number of nitrogens with one attached hydrogen (secondary N) is 1. The molecule has 0 bridgehead atoms. The van der Waals surface area contributed by atoms with Crippen LogP contribution in [0.15, 0.2) is 42.7 Å². The van der Waals surface area contributed by atoms with Crippen molar-refractivity contribution in [2.24, 2.45) is 0 Å². The number of thiocarbonyl (C=S) groups is 1. The summed E-state index contributed by atoms with van der Waals surface area (Å²) in [5.41, 5.74) is 3.54. The molecule has 3 rings (SSSR count). The van der Waals surface area contributed by atoms with Gasteiger partial charge in [0.2, 0.25) is 0 Å². The molecule has 2 heterocycles. The third kappa shape index (κ3) is 3.85. The SMILES string of the molecule is FCc1ccc(N2CCCCC2)c(NC(=S)c2ccncc2)c1. The third-order valence-electron chi connectivity index (χ3n) is 4.10. The summed E-state index contributed by atoms with van der Waals surface area (Å²) in [4.78, 5) is 6.98. The highest BCUT2D eigenvalue weighted by atomic mass is 32.1. The fourth-order valence-corrected chi connectivity index (χ4v) is 3.12. The summed E-state index contributed by atoms with van der Waals surface area (Å²) < 4.78 is 13.1. The zero-order valence-corrected chi connectivity index (χ0v) is 13.8. The van der Waals surface area contributed by atoms with E-state index in [-0.39, 0.29) is 0 Å². The van der Waals surface area contributed by atoms with E-state index in [4.69, 9.17) is 12.2 Å². The van der Waals surface area contributed by atoms with Gasteiger partial charge in [-0.15, -0.1) is 0 Å². The van der Waals surface area contributed by atoms with Gasteiger partial charge in [0.1, 0.15) is 11.7 Å². The van der Waals surface area contributed by atoms with E-state index in [9.17, 15) is 4.39 Å². The van der Waals surface area contributed by atoms with E-state index in [1.807, 2.05) is 30.3 Å². The summed E-state index contributed by atoms with van der Waals surface area (Å²) in [6, 6.07) is 9.45. The minimum absolute atomic E-state index is 0.475. The molecule has 3 nitrogen and oxygen atoms in total. The molecule has 1 saturated heterocycles. The van der Waals surface area contributed by atoms with Gasteiger partial charge in [0.05, 0.1) is 11.4 Å². The van der Waals surface area contributed by atoms with Crippen LogP contribution in [0, 0.1) is 0 Å². The molecule has 0 unspecified atom stereocenters. The molecule has 0 radical (unpaired) electrons. The lowest BCUT2D eigenvalue weighted by Gasteiger charge is -2.31. The molecule has 2 aromatic rings. The lowest BCUT2D eigenvalue weighted by atomic mass is 10.1. The molecule has 1 fully saturated rings. The van der Waals surface area contributed by atoms with E-state index < -0.39 is 6.67 Å². The minimum Gasteiger partial charge on any atom is -0.370 e. The van der Waals surface area contributed by atoms with E-state index in [1.165, 1.54) is 19.3 Å². The fourth-order valence-electron chi connectivity index (χ4n) is 2.87. The number of benzene rings is 1. The van der Waals surface area contributed by atoms with E-state index >= 15 is 0 Å². The summed E-state index contributed by atoms with van der Waals surface area (Å²) in [7, 11) is 0. The van der Waals surface area contributed by atoms with Crippen molar-refractivity contribution in [1.29, 1.82) is 0 Å². The van der Waals surface area contributed by atoms with Crippen molar-refractivity contribution in [1.82, 2.24) is 4.98 Å². The van der Waals surface area contributed by atoms with Crippen LogP contribution in [0.1, 0.15) is 30.4 Å². The van der Waals surface area contributed by atoms with Crippen LogP contribution in [0.4, 0.5) is 15.8 Å². The van der Waals surface area contributed by atoms with Crippen molar-refractivity contribution in [3.8, 4) is 0 Å². The number of hydrogen-bond donors (Lipinski definition) is 1. The minimum atomic E-state index is -0.475. The standard InChI is InChI=1S/C18H20FN3S/c19-13-14-4-5-17(22-10-2-1-3-11-22)16(12-14)21-18(23)15-6-8-20-9-7-15/h4-9,12H,1-3,10-11,13H2,(H,21,23). The second kappa shape index (κ2) is 7.51. The average molecular weight is 329 g/mol. The highest BCUT2D eigenvalue weighted by molar-refractivity contribution is 7.81. The first-order chi connectivity index (χ1) is 11.3. The highest BCUT2D eigenvalue weighted by Gasteiger charge is 2.16. The van der Waals surface area contributed by atoms with Crippen molar-refractivity contribution < 1.29 is 4.39 Å². The number of piperidine rings is 1. The van der Waals surface area contributed by atoms with E-state index in [1.54, 1.807) is 12.4 Å². The van der Waals surface area contributed by atoms with E-state index in [0.29, 0.717) is 10.6 Å². The van der Waals surface area contributed by atoms with Crippen LogP contribution in [-0.4, -0.2) is 23.1 Å². The third-order valence-corrected chi connectivity index (χ3v) is 4.44. The van der Waals surface area contributed by atoms with Crippen LogP contribution in [-0.2, 0) is 6.67 Å². The number of hydrogen-bond acceptors (Lipinski definition) is 3. The maximum absolute atomic E-state index is 13.1. The normalized spacial score (nSPS) is 14.6. The second-order valence-electron chi connectivity index (χ2n) is 5.72. The van der Waals surface area contributed by atoms with Crippen LogP contribution in [0.5, 0.6) is 0 Å². The topological polar surface area (TPSA) is 28.2 Å². The van der Waals surface area contributed by atoms with Gasteiger partial charge in [-0.05, 0) is 49.1 Å². The quantitative estimate of drug-likeness (QED) is 0.845. The number of halogens is 1. The van der Waals surface area contributed by atoms with Gasteiger partial charge in [-0.2, -0.15) is 0 Å². The highest BCUT2D eigenvalue weighted by Crippen LogP contribution is 2.30. The average Bonchev–Trinajstić information content (AvgIpc) is 2.63. The predicted molar refractivity (Wildman–Crippen MR) is 96.9 cm³/mol. The molecule has 0 aliphatic carbocycles. The molecule has 1 N–H and O–H groups in total. The Labute approximate surface area is 141 Å². The molecular formula is C18H20FN3S. The molecule has 1 aliphatic heterocycles. The van der Waals surface area contributed by atoms with Crippen LogP contribution < -0.4 is 10.2 Å². The Morgan fingerprint density at radius 3 is 2.57 bits per heavy atom. The molecule has 5 heteroatoms. The summed E-state index contributed by atoms with van der Waals surface area (Å²) in [6.07, 6.45) is 7.09. The van der Waals surface area contributed by atoms with Crippen molar-refractivity contribution in [2.45, 2.75) is 25.9 Å². The Morgan fingerprint density at radius 1 is 1.13 bits per heavy atom. The number of anilines is 2. The lowest BCUT2D eigenvalue weighted by molar-refractivity contribution is 0.485. The monoisotopic (exact) mass is 329 g/mol. The summed E-state index contributed by atoms with van der Waals surface area (Å²) in [5.74, 6) is 0. The van der Waals surface area contributed by atoms with Gasteiger partial charge in [-0.1, -0.05) is 18.3 Å². The Hall–Kier alpha value is -2.01. The number of rotatable bonds is 4. The second-order valence-corrected chi connectivity index (χ2v) is 6.13. The Balaban J connectivity index is 1.87. The van der Waals surface area contributed by atoms with Crippen molar-refractivity contribution in [3.05, 3.63) is 53.9 Å². The van der Waals surface area contributed by atoms with Crippen molar-refractivity contribution in [2.75, 3.05) is 23.3 Å². The maximum atomic E-state index is 13.1. The first-order valence-electron chi connectivity index (χ1n) is 7.93. The molecule has 1 aliphatic rings. The van der Waals surface area contributed by atoms with Gasteiger partial charge < -0.3 is 10.2 Å². The van der Waals surface area contributed by atoms with Gasteiger partial charge in [0, 0.05) is 31.0 Å². The zero-order valence-electron chi connectivity index (χ0n) is 13.0. The smallest absolute Gasteiger partial charge is 0.115 e. The molecule has 0 atom stereocenters. The van der Waals surface area contributed by atoms with Crippen LogP contribution in [0.2, 0.25) is 0 Å². The van der Waals surface area contributed by atoms with Crippen LogP contribution in [0.25, 0.3) is 0 Å². The largest absolute Gasteiger partial charge is 0.370 e. The van der Waals surface area contributed by atoms with E-state index in [0.717, 1.165) is 30.0 Å². The van der Waals surface area contributed by atoms with Gasteiger partial charge in [0.15, 0.2) is 0 Å². The maximum Gasteiger partial charge on any atom is 0.115 e. The molecule has 0 amide bonds. The first-order valence-corrected chi connectivity index (χ1v) is 8.34. The Bertz CT molecular complexity index is 669.